The molecule has 0 aromatic rings. The number of nitrogens with two attached hydrogens (primary N) is 1. The summed E-state index contributed by atoms with van der Waals surface area (Å²) in [6.07, 6.45) is 6.48. The van der Waals surface area contributed by atoms with Gasteiger partial charge in [-0.15, -0.1) is 0 Å². The number of rotatable bonds is 3. The van der Waals surface area contributed by atoms with Crippen LogP contribution in [0, 0.1) is 5.41 Å². The predicted octanol–water partition coefficient (Wildman–Crippen LogP) is 2.31. The Hall–Kier alpha value is -0.120. The Morgan fingerprint density at radius 1 is 1.11 bits per heavy atom. The van der Waals surface area contributed by atoms with E-state index < -0.39 is 0 Å². The maximum atomic E-state index is 6.22. The topological polar surface area (TPSA) is 32.5 Å². The first kappa shape index (κ1) is 15.3. The van der Waals surface area contributed by atoms with Gasteiger partial charge in [0.15, 0.2) is 0 Å². The molecule has 3 nitrogen and oxygen atoms in total. The Morgan fingerprint density at radius 2 is 1.74 bits per heavy atom. The summed E-state index contributed by atoms with van der Waals surface area (Å²) in [7, 11) is 2.27. The second-order valence-electron chi connectivity index (χ2n) is 7.58. The van der Waals surface area contributed by atoms with Crippen molar-refractivity contribution in [1.82, 2.24) is 9.80 Å². The minimum Gasteiger partial charge on any atom is -0.329 e. The van der Waals surface area contributed by atoms with Crippen LogP contribution < -0.4 is 5.73 Å². The number of nitrogens with zero attached hydrogens (tertiary/aromatic N) is 2. The first-order chi connectivity index (χ1) is 8.92. The van der Waals surface area contributed by atoms with Gasteiger partial charge in [0.25, 0.3) is 0 Å². The fraction of sp³-hybridized carbons (Fsp3) is 1.00. The van der Waals surface area contributed by atoms with E-state index >= 15 is 0 Å². The molecule has 1 aliphatic carbocycles. The lowest BCUT2D eigenvalue weighted by Crippen LogP contribution is -2.63. The number of hydrogen-bond acceptors (Lipinski definition) is 3. The fourth-order valence-electron chi connectivity index (χ4n) is 3.86. The highest BCUT2D eigenvalue weighted by atomic mass is 15.3. The zero-order chi connectivity index (χ0) is 14.1. The van der Waals surface area contributed by atoms with Gasteiger partial charge in [0.05, 0.1) is 0 Å². The van der Waals surface area contributed by atoms with Crippen molar-refractivity contribution in [2.75, 3.05) is 33.2 Å². The molecule has 19 heavy (non-hydrogen) atoms. The molecule has 0 bridgehead atoms. The van der Waals surface area contributed by atoms with E-state index in [9.17, 15) is 0 Å². The Labute approximate surface area is 119 Å². The summed E-state index contributed by atoms with van der Waals surface area (Å²) in [6.45, 7) is 11.6. The normalized spacial score (nSPS) is 32.4. The Kier molecular flexibility index (Phi) is 4.59. The molecule has 2 aliphatic rings. The van der Waals surface area contributed by atoms with E-state index in [1.807, 2.05) is 0 Å². The van der Waals surface area contributed by atoms with Crippen LogP contribution in [-0.4, -0.2) is 54.6 Å². The molecule has 1 heterocycles. The van der Waals surface area contributed by atoms with Crippen LogP contribution in [-0.2, 0) is 0 Å². The van der Waals surface area contributed by atoms with Gasteiger partial charge in [-0.3, -0.25) is 4.90 Å². The molecule has 0 amide bonds. The second-order valence-corrected chi connectivity index (χ2v) is 7.58. The molecule has 1 aliphatic heterocycles. The Balaban J connectivity index is 2.06. The highest BCUT2D eigenvalue weighted by Crippen LogP contribution is 2.43. The standard InChI is InChI=1S/C16H33N3/c1-5-14-12-19(11-10-18(14)4)16(13-17)8-6-15(2,3)7-9-16/h14H,5-13,17H2,1-4H3. The van der Waals surface area contributed by atoms with Crippen LogP contribution in [0.1, 0.15) is 52.9 Å². The average molecular weight is 267 g/mol. The molecule has 2 N–H and O–H groups in total. The molecule has 0 aromatic heterocycles. The van der Waals surface area contributed by atoms with Crippen molar-refractivity contribution in [2.24, 2.45) is 11.1 Å². The predicted molar refractivity (Wildman–Crippen MR) is 82.3 cm³/mol. The molecule has 112 valence electrons. The van der Waals surface area contributed by atoms with E-state index in [2.05, 4.69) is 37.6 Å². The molecule has 2 rings (SSSR count). The number of likely N-dealkylation sites (N-methyl/N-ethyl adjacent to an activating group) is 1. The van der Waals surface area contributed by atoms with Gasteiger partial charge in [0.2, 0.25) is 0 Å². The van der Waals surface area contributed by atoms with Crippen LogP contribution in [0.3, 0.4) is 0 Å². The molecule has 0 radical (unpaired) electrons. The third-order valence-electron chi connectivity index (χ3n) is 5.83. The zero-order valence-electron chi connectivity index (χ0n) is 13.4. The van der Waals surface area contributed by atoms with Crippen molar-refractivity contribution in [3.63, 3.8) is 0 Å². The summed E-state index contributed by atoms with van der Waals surface area (Å²) in [6, 6.07) is 0.715. The van der Waals surface area contributed by atoms with Crippen molar-refractivity contribution in [3.05, 3.63) is 0 Å². The molecular formula is C16H33N3. The van der Waals surface area contributed by atoms with E-state index in [1.165, 1.54) is 51.7 Å². The summed E-state index contributed by atoms with van der Waals surface area (Å²) in [4.78, 5) is 5.25. The van der Waals surface area contributed by atoms with E-state index in [4.69, 9.17) is 5.73 Å². The lowest BCUT2D eigenvalue weighted by atomic mass is 9.68. The van der Waals surface area contributed by atoms with Crippen molar-refractivity contribution in [3.8, 4) is 0 Å². The largest absolute Gasteiger partial charge is 0.329 e. The van der Waals surface area contributed by atoms with Gasteiger partial charge in [-0.1, -0.05) is 20.8 Å². The van der Waals surface area contributed by atoms with Gasteiger partial charge in [-0.25, -0.2) is 0 Å². The summed E-state index contributed by atoms with van der Waals surface area (Å²) in [5.74, 6) is 0. The van der Waals surface area contributed by atoms with Gasteiger partial charge in [0, 0.05) is 37.8 Å². The van der Waals surface area contributed by atoms with Gasteiger partial charge in [0.1, 0.15) is 0 Å². The van der Waals surface area contributed by atoms with E-state index in [1.54, 1.807) is 0 Å². The minimum absolute atomic E-state index is 0.296. The maximum absolute atomic E-state index is 6.22. The third-order valence-corrected chi connectivity index (χ3v) is 5.83. The van der Waals surface area contributed by atoms with Crippen molar-refractivity contribution in [1.29, 1.82) is 0 Å². The van der Waals surface area contributed by atoms with E-state index in [0.29, 0.717) is 17.0 Å². The van der Waals surface area contributed by atoms with Crippen molar-refractivity contribution in [2.45, 2.75) is 64.5 Å². The summed E-state index contributed by atoms with van der Waals surface area (Å²) >= 11 is 0. The molecule has 1 saturated carbocycles. The maximum Gasteiger partial charge on any atom is 0.0333 e. The van der Waals surface area contributed by atoms with Crippen LogP contribution in [0.4, 0.5) is 0 Å². The van der Waals surface area contributed by atoms with Crippen LogP contribution in [0.5, 0.6) is 0 Å². The van der Waals surface area contributed by atoms with E-state index in [0.717, 1.165) is 6.54 Å². The van der Waals surface area contributed by atoms with Gasteiger partial charge >= 0.3 is 0 Å². The van der Waals surface area contributed by atoms with Crippen LogP contribution >= 0.6 is 0 Å². The fourth-order valence-corrected chi connectivity index (χ4v) is 3.86. The number of hydrogen-bond donors (Lipinski definition) is 1. The van der Waals surface area contributed by atoms with Gasteiger partial charge in [-0.05, 0) is 44.6 Å². The molecule has 0 aromatic carbocycles. The van der Waals surface area contributed by atoms with Crippen molar-refractivity contribution >= 4 is 0 Å². The molecule has 1 saturated heterocycles. The van der Waals surface area contributed by atoms with Crippen LogP contribution in [0.25, 0.3) is 0 Å². The smallest absolute Gasteiger partial charge is 0.0333 e. The summed E-state index contributed by atoms with van der Waals surface area (Å²) in [5, 5.41) is 0. The summed E-state index contributed by atoms with van der Waals surface area (Å²) in [5.41, 5.74) is 7.04. The van der Waals surface area contributed by atoms with Crippen LogP contribution in [0.2, 0.25) is 0 Å². The lowest BCUT2D eigenvalue weighted by molar-refractivity contribution is -0.0250. The lowest BCUT2D eigenvalue weighted by Gasteiger charge is -2.53. The first-order valence-electron chi connectivity index (χ1n) is 8.08. The highest BCUT2D eigenvalue weighted by molar-refractivity contribution is 5.00. The molecule has 1 atom stereocenters. The monoisotopic (exact) mass is 267 g/mol. The van der Waals surface area contributed by atoms with Gasteiger partial charge < -0.3 is 10.6 Å². The number of piperazine rings is 1. The molecule has 0 spiro atoms. The Bertz CT molecular complexity index is 290. The second kappa shape index (κ2) is 5.71. The minimum atomic E-state index is 0.296. The third kappa shape index (κ3) is 3.14. The van der Waals surface area contributed by atoms with Gasteiger partial charge in [-0.2, -0.15) is 0 Å². The summed E-state index contributed by atoms with van der Waals surface area (Å²) < 4.78 is 0. The SMILES string of the molecule is CCC1CN(C2(CN)CCC(C)(C)CC2)CCN1C. The quantitative estimate of drug-likeness (QED) is 0.852. The van der Waals surface area contributed by atoms with E-state index in [-0.39, 0.29) is 0 Å². The zero-order valence-corrected chi connectivity index (χ0v) is 13.4. The molecule has 2 fully saturated rings. The highest BCUT2D eigenvalue weighted by Gasteiger charge is 2.43. The van der Waals surface area contributed by atoms with Crippen LogP contribution in [0.15, 0.2) is 0 Å². The Morgan fingerprint density at radius 3 is 2.26 bits per heavy atom. The molecular weight excluding hydrogens is 234 g/mol. The van der Waals surface area contributed by atoms with Crippen molar-refractivity contribution < 1.29 is 0 Å². The average Bonchev–Trinajstić information content (AvgIpc) is 2.40. The first-order valence-corrected chi connectivity index (χ1v) is 8.08. The molecule has 1 unspecified atom stereocenters. The molecule has 3 heteroatoms.